The molecule has 1 aliphatic carbocycles. The minimum atomic E-state index is 0.00119. The molecule has 1 spiro atoms. The van der Waals surface area contributed by atoms with Crippen LogP contribution < -0.4 is 5.32 Å². The summed E-state index contributed by atoms with van der Waals surface area (Å²) < 4.78 is 0. The number of nitrogens with one attached hydrogen (secondary N) is 1. The monoisotopic (exact) mass is 315 g/mol. The van der Waals surface area contributed by atoms with Gasteiger partial charge in [0.25, 0.3) is 0 Å². The van der Waals surface area contributed by atoms with E-state index in [0.717, 1.165) is 24.3 Å². The summed E-state index contributed by atoms with van der Waals surface area (Å²) in [5, 5.41) is 3.14. The van der Waals surface area contributed by atoms with Crippen molar-refractivity contribution < 1.29 is 4.79 Å². The standard InChI is InChI=1S/C19H29N3O/c1-15-7-8-17(13-20-15)16(2)21-18(23)22-12-11-19(14-22)9-5-3-4-6-10-19/h7-8,13,16H,3-6,9-12,14H2,1-2H3,(H,21,23)/t16-/m1/s1. The first kappa shape index (κ1) is 16.3. The highest BCUT2D eigenvalue weighted by molar-refractivity contribution is 5.75. The number of rotatable bonds is 2. The Morgan fingerprint density at radius 1 is 1.22 bits per heavy atom. The van der Waals surface area contributed by atoms with E-state index in [1.807, 2.05) is 37.1 Å². The fourth-order valence-corrected chi connectivity index (χ4v) is 4.09. The van der Waals surface area contributed by atoms with E-state index in [0.29, 0.717) is 5.41 Å². The lowest BCUT2D eigenvalue weighted by molar-refractivity contribution is 0.191. The van der Waals surface area contributed by atoms with Gasteiger partial charge in [-0.25, -0.2) is 4.79 Å². The molecule has 1 aromatic heterocycles. The second kappa shape index (κ2) is 6.90. The maximum atomic E-state index is 12.6. The number of hydrogen-bond donors (Lipinski definition) is 1. The zero-order valence-corrected chi connectivity index (χ0v) is 14.5. The van der Waals surface area contributed by atoms with E-state index in [1.54, 1.807) is 0 Å². The summed E-state index contributed by atoms with van der Waals surface area (Å²) in [5.74, 6) is 0. The number of likely N-dealkylation sites (tertiary alicyclic amines) is 1. The van der Waals surface area contributed by atoms with Crippen molar-refractivity contribution in [1.82, 2.24) is 15.2 Å². The molecule has 23 heavy (non-hydrogen) atoms. The molecular weight excluding hydrogens is 286 g/mol. The Labute approximate surface area is 139 Å². The fraction of sp³-hybridized carbons (Fsp3) is 0.684. The Hall–Kier alpha value is -1.58. The number of urea groups is 1. The molecule has 2 aliphatic rings. The van der Waals surface area contributed by atoms with Gasteiger partial charge in [0.05, 0.1) is 6.04 Å². The summed E-state index contributed by atoms with van der Waals surface area (Å²) in [4.78, 5) is 19.0. The van der Waals surface area contributed by atoms with E-state index >= 15 is 0 Å². The summed E-state index contributed by atoms with van der Waals surface area (Å²) >= 11 is 0. The molecule has 0 unspecified atom stereocenters. The van der Waals surface area contributed by atoms with Crippen LogP contribution in [0.25, 0.3) is 0 Å². The number of amides is 2. The van der Waals surface area contributed by atoms with Gasteiger partial charge >= 0.3 is 6.03 Å². The fourth-order valence-electron chi connectivity index (χ4n) is 4.09. The number of aromatic nitrogens is 1. The molecule has 4 nitrogen and oxygen atoms in total. The van der Waals surface area contributed by atoms with Crippen LogP contribution in [0.2, 0.25) is 0 Å². The van der Waals surface area contributed by atoms with Crippen LogP contribution in [0.1, 0.15) is 69.2 Å². The first-order chi connectivity index (χ1) is 11.1. The molecule has 2 fully saturated rings. The molecule has 1 aliphatic heterocycles. The van der Waals surface area contributed by atoms with E-state index < -0.39 is 0 Å². The first-order valence-electron chi connectivity index (χ1n) is 9.06. The third-order valence-electron chi connectivity index (χ3n) is 5.66. The number of nitrogens with zero attached hydrogens (tertiary/aromatic N) is 2. The van der Waals surface area contributed by atoms with E-state index in [9.17, 15) is 4.79 Å². The topological polar surface area (TPSA) is 45.2 Å². The summed E-state index contributed by atoms with van der Waals surface area (Å²) in [6.07, 6.45) is 11.0. The van der Waals surface area contributed by atoms with Gasteiger partial charge in [-0.2, -0.15) is 0 Å². The number of carbonyl (C=O) groups excluding carboxylic acids is 1. The van der Waals surface area contributed by atoms with Crippen molar-refractivity contribution >= 4 is 6.03 Å². The van der Waals surface area contributed by atoms with Crippen LogP contribution in [0.4, 0.5) is 4.79 Å². The van der Waals surface area contributed by atoms with E-state index in [-0.39, 0.29) is 12.1 Å². The van der Waals surface area contributed by atoms with Crippen molar-refractivity contribution in [3.63, 3.8) is 0 Å². The molecule has 1 saturated carbocycles. The molecule has 1 saturated heterocycles. The minimum absolute atomic E-state index is 0.00119. The molecule has 1 aromatic rings. The predicted octanol–water partition coefficient (Wildman–Crippen LogP) is 4.21. The summed E-state index contributed by atoms with van der Waals surface area (Å²) in [6, 6.07) is 4.12. The van der Waals surface area contributed by atoms with Crippen LogP contribution in [-0.4, -0.2) is 29.0 Å². The quantitative estimate of drug-likeness (QED) is 0.888. The molecule has 2 amide bonds. The second-order valence-electron chi connectivity index (χ2n) is 7.49. The van der Waals surface area contributed by atoms with Crippen molar-refractivity contribution in [3.05, 3.63) is 29.6 Å². The average Bonchev–Trinajstić information content (AvgIpc) is 2.81. The first-order valence-corrected chi connectivity index (χ1v) is 9.06. The maximum absolute atomic E-state index is 12.6. The molecule has 4 heteroatoms. The van der Waals surface area contributed by atoms with Crippen molar-refractivity contribution in [2.75, 3.05) is 13.1 Å². The summed E-state index contributed by atoms with van der Waals surface area (Å²) in [5.41, 5.74) is 2.47. The zero-order valence-electron chi connectivity index (χ0n) is 14.5. The molecule has 0 radical (unpaired) electrons. The number of pyridine rings is 1. The van der Waals surface area contributed by atoms with Crippen LogP contribution in [0.5, 0.6) is 0 Å². The van der Waals surface area contributed by atoms with Crippen LogP contribution in [0.3, 0.4) is 0 Å². The van der Waals surface area contributed by atoms with Crippen LogP contribution in [0, 0.1) is 12.3 Å². The van der Waals surface area contributed by atoms with Crippen LogP contribution >= 0.6 is 0 Å². The van der Waals surface area contributed by atoms with E-state index in [1.165, 1.54) is 44.9 Å². The smallest absolute Gasteiger partial charge is 0.317 e. The average molecular weight is 315 g/mol. The second-order valence-corrected chi connectivity index (χ2v) is 7.49. The highest BCUT2D eigenvalue weighted by Crippen LogP contribution is 2.42. The zero-order chi connectivity index (χ0) is 16.3. The Morgan fingerprint density at radius 3 is 2.61 bits per heavy atom. The Bertz CT molecular complexity index is 532. The van der Waals surface area contributed by atoms with Gasteiger partial charge in [0.15, 0.2) is 0 Å². The largest absolute Gasteiger partial charge is 0.331 e. The SMILES string of the molecule is Cc1ccc([C@@H](C)NC(=O)N2CCC3(CCCCCC3)C2)cn1. The molecule has 0 bridgehead atoms. The predicted molar refractivity (Wildman–Crippen MR) is 92.2 cm³/mol. The van der Waals surface area contributed by atoms with Crippen molar-refractivity contribution in [2.24, 2.45) is 5.41 Å². The van der Waals surface area contributed by atoms with Crippen molar-refractivity contribution in [2.45, 2.75) is 64.8 Å². The highest BCUT2D eigenvalue weighted by atomic mass is 16.2. The molecule has 1 N–H and O–H groups in total. The van der Waals surface area contributed by atoms with Gasteiger partial charge in [-0.15, -0.1) is 0 Å². The molecular formula is C19H29N3O. The Morgan fingerprint density at radius 2 is 1.96 bits per heavy atom. The molecule has 3 rings (SSSR count). The lowest BCUT2D eigenvalue weighted by atomic mass is 9.80. The third-order valence-corrected chi connectivity index (χ3v) is 5.66. The summed E-state index contributed by atoms with van der Waals surface area (Å²) in [7, 11) is 0. The van der Waals surface area contributed by atoms with Crippen molar-refractivity contribution in [1.29, 1.82) is 0 Å². The molecule has 2 heterocycles. The van der Waals surface area contributed by atoms with Gasteiger partial charge in [-0.3, -0.25) is 4.98 Å². The minimum Gasteiger partial charge on any atom is -0.331 e. The lowest BCUT2D eigenvalue weighted by Crippen LogP contribution is -2.41. The number of carbonyl (C=O) groups is 1. The van der Waals surface area contributed by atoms with Gasteiger partial charge < -0.3 is 10.2 Å². The molecule has 1 atom stereocenters. The number of hydrogen-bond acceptors (Lipinski definition) is 2. The lowest BCUT2D eigenvalue weighted by Gasteiger charge is -2.28. The highest BCUT2D eigenvalue weighted by Gasteiger charge is 2.39. The van der Waals surface area contributed by atoms with Gasteiger partial charge in [0.1, 0.15) is 0 Å². The van der Waals surface area contributed by atoms with Gasteiger partial charge in [0.2, 0.25) is 0 Å². The van der Waals surface area contributed by atoms with Crippen LogP contribution in [0.15, 0.2) is 18.3 Å². The summed E-state index contributed by atoms with van der Waals surface area (Å²) in [6.45, 7) is 5.85. The molecule has 0 aromatic carbocycles. The Balaban J connectivity index is 1.57. The van der Waals surface area contributed by atoms with Crippen molar-refractivity contribution in [3.8, 4) is 0 Å². The van der Waals surface area contributed by atoms with Gasteiger partial charge in [-0.05, 0) is 50.2 Å². The van der Waals surface area contributed by atoms with Gasteiger partial charge in [-0.1, -0.05) is 31.7 Å². The van der Waals surface area contributed by atoms with E-state index in [2.05, 4.69) is 10.3 Å². The van der Waals surface area contributed by atoms with Gasteiger partial charge in [0, 0.05) is 25.0 Å². The number of aryl methyl sites for hydroxylation is 1. The van der Waals surface area contributed by atoms with E-state index in [4.69, 9.17) is 0 Å². The molecule has 126 valence electrons. The normalized spacial score (nSPS) is 21.9. The van der Waals surface area contributed by atoms with Crippen LogP contribution in [-0.2, 0) is 0 Å². The maximum Gasteiger partial charge on any atom is 0.317 e. The Kier molecular flexibility index (Phi) is 4.88. The third kappa shape index (κ3) is 3.85.